The summed E-state index contributed by atoms with van der Waals surface area (Å²) in [6.45, 7) is -0.494. The van der Waals surface area contributed by atoms with E-state index < -0.39 is 46.2 Å². The first-order valence-electron chi connectivity index (χ1n) is 12.6. The SMILES string of the molecule is O=C(NCc1ccc(OC(F)(F)F)cc1)[C@H]1CN(c2nc3c(Cl)nncc3s2)CCN1S(=O)(=O)c1ccc(OC(F)(F)F)cc1. The molecule has 2 aromatic heterocycles. The van der Waals surface area contributed by atoms with E-state index in [9.17, 15) is 39.6 Å². The molecule has 1 saturated heterocycles. The van der Waals surface area contributed by atoms with Gasteiger partial charge in [0, 0.05) is 26.2 Å². The molecule has 240 valence electrons. The third-order valence-electron chi connectivity index (χ3n) is 6.35. The number of thiazole rings is 1. The number of piperazine rings is 1. The highest BCUT2D eigenvalue weighted by molar-refractivity contribution is 7.89. The minimum absolute atomic E-state index is 0.0510. The van der Waals surface area contributed by atoms with E-state index in [0.717, 1.165) is 40.7 Å². The number of anilines is 1. The summed E-state index contributed by atoms with van der Waals surface area (Å²) in [5.41, 5.74) is 0.753. The second-order valence-electron chi connectivity index (χ2n) is 9.35. The van der Waals surface area contributed by atoms with Crippen molar-refractivity contribution in [1.29, 1.82) is 0 Å². The van der Waals surface area contributed by atoms with Gasteiger partial charge in [0.1, 0.15) is 23.1 Å². The fourth-order valence-corrected chi connectivity index (χ4v) is 7.16. The van der Waals surface area contributed by atoms with Crippen LogP contribution >= 0.6 is 22.9 Å². The van der Waals surface area contributed by atoms with Crippen LogP contribution in [0.25, 0.3) is 10.2 Å². The van der Waals surface area contributed by atoms with Gasteiger partial charge in [0.15, 0.2) is 10.3 Å². The molecule has 3 heterocycles. The summed E-state index contributed by atoms with van der Waals surface area (Å²) in [5.74, 6) is -1.85. The van der Waals surface area contributed by atoms with Crippen molar-refractivity contribution in [1.82, 2.24) is 24.8 Å². The van der Waals surface area contributed by atoms with Crippen molar-refractivity contribution in [3.8, 4) is 11.5 Å². The van der Waals surface area contributed by atoms with Crippen molar-refractivity contribution in [2.24, 2.45) is 0 Å². The zero-order valence-corrected chi connectivity index (χ0v) is 24.7. The predicted octanol–water partition coefficient (Wildman–Crippen LogP) is 4.73. The monoisotopic (exact) mass is 696 g/mol. The Kier molecular flexibility index (Phi) is 8.98. The third-order valence-corrected chi connectivity index (χ3v) is 9.58. The maximum absolute atomic E-state index is 13.7. The molecule has 1 N–H and O–H groups in total. The number of fused-ring (bicyclic) bond motifs is 1. The third kappa shape index (κ3) is 7.84. The van der Waals surface area contributed by atoms with Crippen LogP contribution < -0.4 is 19.7 Å². The number of benzene rings is 2. The fraction of sp³-hybridized carbons (Fsp3) is 0.280. The first-order valence-corrected chi connectivity index (χ1v) is 15.3. The number of hydrogen-bond donors (Lipinski definition) is 1. The van der Waals surface area contributed by atoms with Crippen LogP contribution in [0.2, 0.25) is 5.15 Å². The number of ether oxygens (including phenoxy) is 2. The molecule has 0 unspecified atom stereocenters. The van der Waals surface area contributed by atoms with E-state index in [1.165, 1.54) is 29.7 Å². The second-order valence-corrected chi connectivity index (χ2v) is 12.6. The van der Waals surface area contributed by atoms with E-state index in [4.69, 9.17) is 11.6 Å². The number of carbonyl (C=O) groups excluding carboxylic acids is 1. The molecule has 1 amide bonds. The van der Waals surface area contributed by atoms with E-state index in [-0.39, 0.29) is 36.2 Å². The van der Waals surface area contributed by atoms with Crippen LogP contribution in [0.3, 0.4) is 0 Å². The number of nitrogens with one attached hydrogen (secondary N) is 1. The van der Waals surface area contributed by atoms with Crippen LogP contribution in [0.15, 0.2) is 59.6 Å². The van der Waals surface area contributed by atoms with E-state index in [1.54, 1.807) is 4.90 Å². The average molecular weight is 697 g/mol. The Balaban J connectivity index is 1.39. The highest BCUT2D eigenvalue weighted by atomic mass is 35.5. The molecular formula is C25H19ClF6N6O5S2. The fourth-order valence-electron chi connectivity index (χ4n) is 4.38. The van der Waals surface area contributed by atoms with Crippen molar-refractivity contribution in [2.75, 3.05) is 24.5 Å². The topological polar surface area (TPSA) is 127 Å². The standard InChI is InChI=1S/C25H19ClF6N6O5S2/c26-21-20-19(12-34-36-21)44-23(35-20)37-9-10-38(45(40,41)17-7-5-16(6-8-17)43-25(30,31)32)18(13-37)22(39)33-11-14-1-3-15(4-2-14)42-24(27,28)29/h1-8,12,18H,9-11,13H2,(H,33,39)/t18-/m1/s1. The van der Waals surface area contributed by atoms with Gasteiger partial charge in [-0.1, -0.05) is 35.1 Å². The highest BCUT2D eigenvalue weighted by Gasteiger charge is 2.41. The Hall–Kier alpha value is -3.94. The maximum Gasteiger partial charge on any atom is 0.573 e. The Morgan fingerprint density at radius 2 is 1.58 bits per heavy atom. The van der Waals surface area contributed by atoms with Gasteiger partial charge in [-0.05, 0) is 42.0 Å². The van der Waals surface area contributed by atoms with Crippen LogP contribution in [0.1, 0.15) is 5.56 Å². The zero-order chi connectivity index (χ0) is 32.6. The van der Waals surface area contributed by atoms with E-state index in [2.05, 4.69) is 30.0 Å². The minimum Gasteiger partial charge on any atom is -0.406 e. The molecule has 4 aromatic rings. The van der Waals surface area contributed by atoms with E-state index >= 15 is 0 Å². The molecule has 5 rings (SSSR count). The molecule has 0 aliphatic carbocycles. The van der Waals surface area contributed by atoms with E-state index in [0.29, 0.717) is 20.9 Å². The lowest BCUT2D eigenvalue weighted by molar-refractivity contribution is -0.275. The largest absolute Gasteiger partial charge is 0.573 e. The molecule has 11 nitrogen and oxygen atoms in total. The van der Waals surface area contributed by atoms with Gasteiger partial charge in [-0.2, -0.15) is 9.40 Å². The van der Waals surface area contributed by atoms with Crippen LogP contribution in [-0.4, -0.2) is 72.2 Å². The normalized spacial score (nSPS) is 16.5. The molecule has 20 heteroatoms. The Labute approximate surface area is 259 Å². The Morgan fingerprint density at radius 1 is 0.978 bits per heavy atom. The smallest absolute Gasteiger partial charge is 0.406 e. The number of sulfonamides is 1. The summed E-state index contributed by atoms with van der Waals surface area (Å²) in [6, 6.07) is 6.87. The van der Waals surface area contributed by atoms with Gasteiger partial charge in [0.25, 0.3) is 0 Å². The number of aromatic nitrogens is 3. The Morgan fingerprint density at radius 3 is 2.16 bits per heavy atom. The molecular weight excluding hydrogens is 678 g/mol. The molecule has 0 saturated carbocycles. The van der Waals surface area contributed by atoms with Gasteiger partial charge < -0.3 is 19.7 Å². The summed E-state index contributed by atoms with van der Waals surface area (Å²) in [5, 5.41) is 10.6. The number of rotatable bonds is 8. The van der Waals surface area contributed by atoms with Crippen LogP contribution in [-0.2, 0) is 21.4 Å². The van der Waals surface area contributed by atoms with Crippen molar-refractivity contribution < 1.29 is 49.0 Å². The molecule has 1 fully saturated rings. The first-order chi connectivity index (χ1) is 21.1. The summed E-state index contributed by atoms with van der Waals surface area (Å²) in [7, 11) is -4.43. The summed E-state index contributed by atoms with van der Waals surface area (Å²) < 4.78 is 112. The molecule has 45 heavy (non-hydrogen) atoms. The second kappa shape index (κ2) is 12.5. The number of carbonyl (C=O) groups is 1. The van der Waals surface area contributed by atoms with Crippen molar-refractivity contribution in [2.45, 2.75) is 30.2 Å². The van der Waals surface area contributed by atoms with Crippen molar-refractivity contribution >= 4 is 54.2 Å². The van der Waals surface area contributed by atoms with Crippen molar-refractivity contribution in [3.63, 3.8) is 0 Å². The summed E-state index contributed by atoms with van der Waals surface area (Å²) in [6.07, 6.45) is -8.42. The number of amides is 1. The predicted molar refractivity (Wildman–Crippen MR) is 148 cm³/mol. The van der Waals surface area contributed by atoms with Gasteiger partial charge >= 0.3 is 12.7 Å². The van der Waals surface area contributed by atoms with Gasteiger partial charge in [-0.3, -0.25) is 4.79 Å². The molecule has 2 aromatic carbocycles. The number of hydrogen-bond acceptors (Lipinski definition) is 10. The van der Waals surface area contributed by atoms with Gasteiger partial charge in [-0.15, -0.1) is 31.4 Å². The molecule has 0 radical (unpaired) electrons. The first kappa shape index (κ1) is 32.5. The molecule has 1 aliphatic heterocycles. The van der Waals surface area contributed by atoms with E-state index in [1.807, 2.05) is 0 Å². The lowest BCUT2D eigenvalue weighted by Crippen LogP contribution is -2.60. The molecule has 1 atom stereocenters. The van der Waals surface area contributed by atoms with Crippen LogP contribution in [0.4, 0.5) is 31.5 Å². The number of halogens is 7. The van der Waals surface area contributed by atoms with Gasteiger partial charge in [-0.25, -0.2) is 13.4 Å². The lowest BCUT2D eigenvalue weighted by atomic mass is 10.1. The highest BCUT2D eigenvalue weighted by Crippen LogP contribution is 2.34. The Bertz CT molecular complexity index is 1790. The number of nitrogens with zero attached hydrogens (tertiary/aromatic N) is 5. The van der Waals surface area contributed by atoms with Crippen LogP contribution in [0, 0.1) is 0 Å². The quantitative estimate of drug-likeness (QED) is 0.260. The van der Waals surface area contributed by atoms with Crippen LogP contribution in [0.5, 0.6) is 11.5 Å². The van der Waals surface area contributed by atoms with Gasteiger partial charge in [0.2, 0.25) is 15.9 Å². The lowest BCUT2D eigenvalue weighted by Gasteiger charge is -2.39. The molecule has 0 spiro atoms. The number of alkyl halides is 6. The summed E-state index contributed by atoms with van der Waals surface area (Å²) in [4.78, 5) is 19.2. The zero-order valence-electron chi connectivity index (χ0n) is 22.3. The molecule has 0 bridgehead atoms. The molecule has 1 aliphatic rings. The average Bonchev–Trinajstić information content (AvgIpc) is 3.41. The maximum atomic E-state index is 13.7. The van der Waals surface area contributed by atoms with Crippen molar-refractivity contribution in [3.05, 3.63) is 65.4 Å². The minimum atomic E-state index is -4.98. The summed E-state index contributed by atoms with van der Waals surface area (Å²) >= 11 is 7.28. The van der Waals surface area contributed by atoms with Gasteiger partial charge in [0.05, 0.1) is 15.8 Å².